The van der Waals surface area contributed by atoms with E-state index >= 15 is 0 Å². The van der Waals surface area contributed by atoms with Crippen LogP contribution in [-0.4, -0.2) is 34.6 Å². The van der Waals surface area contributed by atoms with Crippen molar-refractivity contribution in [1.29, 1.82) is 0 Å². The first-order valence-corrected chi connectivity index (χ1v) is 8.61. The second kappa shape index (κ2) is 6.05. The third kappa shape index (κ3) is 2.62. The maximum atomic E-state index is 6.83. The van der Waals surface area contributed by atoms with Crippen LogP contribution in [0.2, 0.25) is 0 Å². The molecule has 0 spiro atoms. The maximum Gasteiger partial charge on any atom is 0.0482 e. The molecule has 0 amide bonds. The molecule has 3 heteroatoms. The van der Waals surface area contributed by atoms with Crippen molar-refractivity contribution in [2.75, 3.05) is 13.1 Å². The van der Waals surface area contributed by atoms with Gasteiger partial charge in [0, 0.05) is 29.4 Å². The third-order valence-corrected chi connectivity index (χ3v) is 5.95. The van der Waals surface area contributed by atoms with E-state index in [4.69, 9.17) is 5.73 Å². The van der Waals surface area contributed by atoms with Gasteiger partial charge >= 0.3 is 0 Å². The lowest BCUT2D eigenvalue weighted by atomic mass is 9.78. The van der Waals surface area contributed by atoms with Crippen LogP contribution in [0.15, 0.2) is 18.3 Å². The van der Waals surface area contributed by atoms with Crippen LogP contribution in [0.1, 0.15) is 63.1 Å². The van der Waals surface area contributed by atoms with Crippen molar-refractivity contribution >= 4 is 0 Å². The smallest absolute Gasteiger partial charge is 0.0482 e. The average Bonchev–Trinajstić information content (AvgIpc) is 2.98. The number of fused-ring (bicyclic) bond motifs is 1. The fourth-order valence-corrected chi connectivity index (χ4v) is 4.30. The average molecular weight is 287 g/mol. The Bertz CT molecular complexity index is 481. The van der Waals surface area contributed by atoms with Crippen LogP contribution in [-0.2, 0) is 6.42 Å². The Morgan fingerprint density at radius 1 is 1.38 bits per heavy atom. The van der Waals surface area contributed by atoms with E-state index in [1.807, 2.05) is 6.20 Å². The standard InChI is InChI=1S/C18H29N3/c1-3-18(2,21-12-5-4-6-13-21)17(19)15-10-9-14-8-7-11-20-16(14)15/h7-8,11,15,17H,3-6,9-10,12-13,19H2,1-2H3. The molecule has 0 radical (unpaired) electrons. The zero-order chi connectivity index (χ0) is 14.9. The highest BCUT2D eigenvalue weighted by Crippen LogP contribution is 2.39. The number of hydrogen-bond acceptors (Lipinski definition) is 3. The summed E-state index contributed by atoms with van der Waals surface area (Å²) in [5, 5.41) is 0. The topological polar surface area (TPSA) is 42.1 Å². The van der Waals surface area contributed by atoms with Crippen molar-refractivity contribution in [2.45, 2.75) is 69.9 Å². The van der Waals surface area contributed by atoms with Gasteiger partial charge in [0.15, 0.2) is 0 Å². The van der Waals surface area contributed by atoms with E-state index in [1.54, 1.807) is 0 Å². The van der Waals surface area contributed by atoms with E-state index in [-0.39, 0.29) is 11.6 Å². The Balaban J connectivity index is 1.84. The minimum Gasteiger partial charge on any atom is -0.326 e. The van der Waals surface area contributed by atoms with E-state index in [0.717, 1.165) is 19.3 Å². The molecule has 0 saturated carbocycles. The first kappa shape index (κ1) is 15.0. The summed E-state index contributed by atoms with van der Waals surface area (Å²) < 4.78 is 0. The molecule has 3 unspecified atom stereocenters. The summed E-state index contributed by atoms with van der Waals surface area (Å²) >= 11 is 0. The number of piperidine rings is 1. The molecule has 2 heterocycles. The SMILES string of the molecule is CCC(C)(C(N)C1CCc2cccnc21)N1CCCCC1. The molecule has 3 nitrogen and oxygen atoms in total. The molecule has 1 aliphatic carbocycles. The zero-order valence-corrected chi connectivity index (χ0v) is 13.5. The second-order valence-electron chi connectivity index (χ2n) is 6.98. The van der Waals surface area contributed by atoms with Gasteiger partial charge in [0.1, 0.15) is 0 Å². The molecule has 1 aromatic heterocycles. The number of pyridine rings is 1. The summed E-state index contributed by atoms with van der Waals surface area (Å²) in [6.07, 6.45) is 9.36. The Hall–Kier alpha value is -0.930. The van der Waals surface area contributed by atoms with E-state index in [2.05, 4.69) is 35.9 Å². The molecular formula is C18H29N3. The number of aryl methyl sites for hydroxylation is 1. The van der Waals surface area contributed by atoms with Gasteiger partial charge in [-0.2, -0.15) is 0 Å². The Labute approximate surface area is 128 Å². The number of hydrogen-bond donors (Lipinski definition) is 1. The van der Waals surface area contributed by atoms with Gasteiger partial charge in [0.05, 0.1) is 0 Å². The van der Waals surface area contributed by atoms with E-state index < -0.39 is 0 Å². The van der Waals surface area contributed by atoms with Crippen LogP contribution in [0, 0.1) is 0 Å². The lowest BCUT2D eigenvalue weighted by Gasteiger charge is -2.48. The molecule has 116 valence electrons. The molecule has 0 aromatic carbocycles. The van der Waals surface area contributed by atoms with Crippen LogP contribution in [0.4, 0.5) is 0 Å². The van der Waals surface area contributed by atoms with E-state index in [0.29, 0.717) is 5.92 Å². The fourth-order valence-electron chi connectivity index (χ4n) is 4.30. The van der Waals surface area contributed by atoms with Crippen molar-refractivity contribution in [1.82, 2.24) is 9.88 Å². The molecule has 1 aromatic rings. The van der Waals surface area contributed by atoms with Gasteiger partial charge in [-0.15, -0.1) is 0 Å². The highest BCUT2D eigenvalue weighted by molar-refractivity contribution is 5.31. The van der Waals surface area contributed by atoms with Crippen molar-refractivity contribution < 1.29 is 0 Å². The molecular weight excluding hydrogens is 258 g/mol. The van der Waals surface area contributed by atoms with Crippen molar-refractivity contribution in [2.24, 2.45) is 5.73 Å². The van der Waals surface area contributed by atoms with Gasteiger partial charge in [0.25, 0.3) is 0 Å². The number of nitrogens with two attached hydrogens (primary N) is 1. The van der Waals surface area contributed by atoms with Crippen molar-refractivity contribution in [3.05, 3.63) is 29.6 Å². The van der Waals surface area contributed by atoms with Crippen LogP contribution >= 0.6 is 0 Å². The normalized spacial score (nSPS) is 27.1. The molecule has 1 fully saturated rings. The van der Waals surface area contributed by atoms with Gasteiger partial charge in [-0.1, -0.05) is 19.4 Å². The molecule has 21 heavy (non-hydrogen) atoms. The molecule has 0 bridgehead atoms. The predicted molar refractivity (Wildman–Crippen MR) is 87.4 cm³/mol. The molecule has 1 aliphatic heterocycles. The number of aromatic nitrogens is 1. The van der Waals surface area contributed by atoms with Crippen LogP contribution in [0.5, 0.6) is 0 Å². The highest BCUT2D eigenvalue weighted by atomic mass is 15.2. The van der Waals surface area contributed by atoms with Crippen LogP contribution < -0.4 is 5.73 Å². The second-order valence-corrected chi connectivity index (χ2v) is 6.98. The molecule has 3 rings (SSSR count). The number of rotatable bonds is 4. The highest BCUT2D eigenvalue weighted by Gasteiger charge is 2.43. The van der Waals surface area contributed by atoms with Gasteiger partial charge < -0.3 is 5.73 Å². The summed E-state index contributed by atoms with van der Waals surface area (Å²) in [5.41, 5.74) is 9.61. The Kier molecular flexibility index (Phi) is 4.32. The zero-order valence-electron chi connectivity index (χ0n) is 13.5. The van der Waals surface area contributed by atoms with Gasteiger partial charge in [-0.05, 0) is 63.7 Å². The van der Waals surface area contributed by atoms with Gasteiger partial charge in [0.2, 0.25) is 0 Å². The predicted octanol–water partition coefficient (Wildman–Crippen LogP) is 3.09. The third-order valence-electron chi connectivity index (χ3n) is 5.95. The van der Waals surface area contributed by atoms with Crippen molar-refractivity contribution in [3.8, 4) is 0 Å². The fraction of sp³-hybridized carbons (Fsp3) is 0.722. The lowest BCUT2D eigenvalue weighted by molar-refractivity contribution is 0.0462. The summed E-state index contributed by atoms with van der Waals surface area (Å²) in [7, 11) is 0. The first-order valence-electron chi connectivity index (χ1n) is 8.61. The quantitative estimate of drug-likeness (QED) is 0.925. The van der Waals surface area contributed by atoms with E-state index in [1.165, 1.54) is 43.6 Å². The minimum atomic E-state index is 0.101. The minimum absolute atomic E-state index is 0.101. The Morgan fingerprint density at radius 3 is 2.86 bits per heavy atom. The lowest BCUT2D eigenvalue weighted by Crippen LogP contribution is -2.60. The van der Waals surface area contributed by atoms with Crippen molar-refractivity contribution in [3.63, 3.8) is 0 Å². The largest absolute Gasteiger partial charge is 0.326 e. The Morgan fingerprint density at radius 2 is 2.14 bits per heavy atom. The van der Waals surface area contributed by atoms with Gasteiger partial charge in [-0.3, -0.25) is 9.88 Å². The maximum absolute atomic E-state index is 6.83. The molecule has 2 aliphatic rings. The molecule has 3 atom stereocenters. The monoisotopic (exact) mass is 287 g/mol. The molecule has 1 saturated heterocycles. The molecule has 2 N–H and O–H groups in total. The summed E-state index contributed by atoms with van der Waals surface area (Å²) in [4.78, 5) is 7.31. The van der Waals surface area contributed by atoms with Gasteiger partial charge in [-0.25, -0.2) is 0 Å². The van der Waals surface area contributed by atoms with Crippen LogP contribution in [0.3, 0.4) is 0 Å². The van der Waals surface area contributed by atoms with E-state index in [9.17, 15) is 0 Å². The summed E-state index contributed by atoms with van der Waals surface area (Å²) in [6.45, 7) is 7.09. The number of likely N-dealkylation sites (tertiary alicyclic amines) is 1. The number of nitrogens with zero attached hydrogens (tertiary/aromatic N) is 2. The summed E-state index contributed by atoms with van der Waals surface area (Å²) in [5.74, 6) is 0.424. The first-order chi connectivity index (χ1) is 10.2. The summed E-state index contributed by atoms with van der Waals surface area (Å²) in [6, 6.07) is 4.45. The van der Waals surface area contributed by atoms with Crippen LogP contribution in [0.25, 0.3) is 0 Å².